The molecule has 1 aromatic carbocycles. The molecule has 0 unspecified atom stereocenters. The highest BCUT2D eigenvalue weighted by Gasteiger charge is 1.94. The van der Waals surface area contributed by atoms with Gasteiger partial charge in [0.05, 0.1) is 0 Å². The van der Waals surface area contributed by atoms with Crippen LogP contribution in [-0.4, -0.2) is 0 Å². The third kappa shape index (κ3) is 3.90. The van der Waals surface area contributed by atoms with Crippen LogP contribution in [0.25, 0.3) is 5.57 Å². The molecule has 0 aliphatic heterocycles. The molecule has 0 fully saturated rings. The van der Waals surface area contributed by atoms with Crippen molar-refractivity contribution in [3.8, 4) is 0 Å². The fourth-order valence-electron chi connectivity index (χ4n) is 1.47. The van der Waals surface area contributed by atoms with Gasteiger partial charge in [0.1, 0.15) is 0 Å². The molecule has 0 heterocycles. The predicted octanol–water partition coefficient (Wildman–Crippen LogP) is 4.78. The van der Waals surface area contributed by atoms with Crippen molar-refractivity contribution >= 4 is 5.57 Å². The summed E-state index contributed by atoms with van der Waals surface area (Å²) in [6.07, 6.45) is 11.4. The summed E-state index contributed by atoms with van der Waals surface area (Å²) in [4.78, 5) is 0. The monoisotopic (exact) mass is 212 g/mol. The van der Waals surface area contributed by atoms with Crippen LogP contribution in [0.5, 0.6) is 0 Å². The minimum Gasteiger partial charge on any atom is -0.0877 e. The zero-order valence-electron chi connectivity index (χ0n) is 10.4. The maximum atomic E-state index is 2.20. The zero-order valence-corrected chi connectivity index (χ0v) is 10.4. The van der Waals surface area contributed by atoms with Gasteiger partial charge in [0.15, 0.2) is 0 Å². The van der Waals surface area contributed by atoms with Crippen LogP contribution in [0.1, 0.15) is 31.9 Å². The van der Waals surface area contributed by atoms with Gasteiger partial charge in [-0.25, -0.2) is 0 Å². The zero-order chi connectivity index (χ0) is 11.8. The Kier molecular flexibility index (Phi) is 5.35. The Hall–Kier alpha value is -1.56. The molecule has 0 aromatic heterocycles. The van der Waals surface area contributed by atoms with Gasteiger partial charge in [0.2, 0.25) is 0 Å². The Morgan fingerprint density at radius 1 is 1.06 bits per heavy atom. The molecule has 0 saturated carbocycles. The van der Waals surface area contributed by atoms with E-state index in [2.05, 4.69) is 50.3 Å². The molecule has 0 heteroatoms. The summed E-state index contributed by atoms with van der Waals surface area (Å²) in [5.74, 6) is 0. The van der Waals surface area contributed by atoms with Gasteiger partial charge in [0, 0.05) is 0 Å². The summed E-state index contributed by atoms with van der Waals surface area (Å²) in [6.45, 7) is 6.34. The molecule has 0 N–H and O–H groups in total. The molecule has 0 aliphatic carbocycles. The van der Waals surface area contributed by atoms with Crippen molar-refractivity contribution in [2.45, 2.75) is 27.2 Å². The van der Waals surface area contributed by atoms with E-state index in [9.17, 15) is 0 Å². The fraction of sp³-hybridized carbons (Fsp3) is 0.250. The van der Waals surface area contributed by atoms with Gasteiger partial charge in [0.25, 0.3) is 0 Å². The van der Waals surface area contributed by atoms with Crippen LogP contribution >= 0.6 is 0 Å². The second-order valence-electron chi connectivity index (χ2n) is 3.81. The highest BCUT2D eigenvalue weighted by atomic mass is 14.0. The third-order valence-corrected chi connectivity index (χ3v) is 2.58. The third-order valence-electron chi connectivity index (χ3n) is 2.58. The van der Waals surface area contributed by atoms with Crippen LogP contribution in [-0.2, 0) is 6.42 Å². The first-order valence-electron chi connectivity index (χ1n) is 5.83. The van der Waals surface area contributed by atoms with Gasteiger partial charge in [-0.3, -0.25) is 0 Å². The van der Waals surface area contributed by atoms with Crippen LogP contribution in [0, 0.1) is 0 Å². The van der Waals surface area contributed by atoms with Crippen LogP contribution in [0.2, 0.25) is 0 Å². The Balaban J connectivity index is 2.75. The minimum absolute atomic E-state index is 1.10. The lowest BCUT2D eigenvalue weighted by molar-refractivity contribution is 1.14. The minimum atomic E-state index is 1.10. The van der Waals surface area contributed by atoms with Gasteiger partial charge >= 0.3 is 0 Å². The van der Waals surface area contributed by atoms with Gasteiger partial charge in [-0.15, -0.1) is 0 Å². The normalized spacial score (nSPS) is 12.8. The SMILES string of the molecule is C\C=C/C=C\C=C(/C)c1ccc(CC)cc1. The quantitative estimate of drug-likeness (QED) is 0.630. The Labute approximate surface area is 99.0 Å². The van der Waals surface area contributed by atoms with Crippen LogP contribution < -0.4 is 0 Å². The van der Waals surface area contributed by atoms with Crippen LogP contribution in [0.15, 0.2) is 54.6 Å². The van der Waals surface area contributed by atoms with Crippen molar-refractivity contribution < 1.29 is 0 Å². The highest BCUT2D eigenvalue weighted by Crippen LogP contribution is 2.14. The average Bonchev–Trinajstić information content (AvgIpc) is 2.34. The summed E-state index contributed by atoms with van der Waals surface area (Å²) in [5.41, 5.74) is 3.98. The second-order valence-corrected chi connectivity index (χ2v) is 3.81. The maximum absolute atomic E-state index is 2.20. The van der Waals surface area contributed by atoms with E-state index in [4.69, 9.17) is 0 Å². The predicted molar refractivity (Wildman–Crippen MR) is 73.4 cm³/mol. The molecule has 0 spiro atoms. The van der Waals surface area contributed by atoms with Gasteiger partial charge < -0.3 is 0 Å². The van der Waals surface area contributed by atoms with Gasteiger partial charge in [-0.2, -0.15) is 0 Å². The van der Waals surface area contributed by atoms with Gasteiger partial charge in [-0.1, -0.05) is 61.6 Å². The largest absolute Gasteiger partial charge is 0.0877 e. The summed E-state index contributed by atoms with van der Waals surface area (Å²) >= 11 is 0. The summed E-state index contributed by atoms with van der Waals surface area (Å²) in [5, 5.41) is 0. The number of benzene rings is 1. The number of hydrogen-bond donors (Lipinski definition) is 0. The number of allylic oxidation sites excluding steroid dienone is 6. The summed E-state index contributed by atoms with van der Waals surface area (Å²) in [7, 11) is 0. The van der Waals surface area contributed by atoms with Crippen molar-refractivity contribution in [2.75, 3.05) is 0 Å². The molecule has 1 rings (SSSR count). The van der Waals surface area contributed by atoms with Gasteiger partial charge in [-0.05, 0) is 37.0 Å². The molecular formula is C16H20. The van der Waals surface area contributed by atoms with Crippen LogP contribution in [0.4, 0.5) is 0 Å². The first-order chi connectivity index (χ1) is 7.77. The standard InChI is InChI=1S/C16H20/c1-4-6-7-8-9-14(3)16-12-10-15(5-2)11-13-16/h4,6-13H,5H2,1-3H3/b6-4-,8-7-,14-9+. The lowest BCUT2D eigenvalue weighted by Crippen LogP contribution is -1.82. The Bertz CT molecular complexity index is 389. The first-order valence-corrected chi connectivity index (χ1v) is 5.83. The number of rotatable bonds is 4. The molecule has 1 aromatic rings. The van der Waals surface area contributed by atoms with E-state index in [0.29, 0.717) is 0 Å². The molecule has 0 amide bonds. The Morgan fingerprint density at radius 2 is 1.75 bits per heavy atom. The topological polar surface area (TPSA) is 0 Å². The van der Waals surface area contributed by atoms with Crippen molar-refractivity contribution in [3.05, 3.63) is 65.8 Å². The molecule has 0 radical (unpaired) electrons. The van der Waals surface area contributed by atoms with E-state index >= 15 is 0 Å². The Morgan fingerprint density at radius 3 is 2.31 bits per heavy atom. The van der Waals surface area contributed by atoms with E-state index in [-0.39, 0.29) is 0 Å². The van der Waals surface area contributed by atoms with Crippen molar-refractivity contribution in [1.82, 2.24) is 0 Å². The van der Waals surface area contributed by atoms with E-state index in [1.54, 1.807) is 0 Å². The molecule has 84 valence electrons. The highest BCUT2D eigenvalue weighted by molar-refractivity contribution is 5.65. The average molecular weight is 212 g/mol. The molecule has 0 bridgehead atoms. The van der Waals surface area contributed by atoms with E-state index < -0.39 is 0 Å². The van der Waals surface area contributed by atoms with Crippen molar-refractivity contribution in [3.63, 3.8) is 0 Å². The van der Waals surface area contributed by atoms with E-state index in [1.165, 1.54) is 16.7 Å². The molecular weight excluding hydrogens is 192 g/mol. The van der Waals surface area contributed by atoms with E-state index in [0.717, 1.165) is 6.42 Å². The summed E-state index contributed by atoms with van der Waals surface area (Å²) in [6, 6.07) is 8.77. The summed E-state index contributed by atoms with van der Waals surface area (Å²) < 4.78 is 0. The van der Waals surface area contributed by atoms with E-state index in [1.807, 2.05) is 25.2 Å². The molecule has 16 heavy (non-hydrogen) atoms. The number of aryl methyl sites for hydroxylation is 1. The van der Waals surface area contributed by atoms with Crippen molar-refractivity contribution in [1.29, 1.82) is 0 Å². The van der Waals surface area contributed by atoms with Crippen molar-refractivity contribution in [2.24, 2.45) is 0 Å². The smallest absolute Gasteiger partial charge is 0.0227 e. The molecule has 0 nitrogen and oxygen atoms in total. The molecule has 0 saturated heterocycles. The lowest BCUT2D eigenvalue weighted by atomic mass is 10.0. The first kappa shape index (κ1) is 12.5. The molecule has 0 aliphatic rings. The lowest BCUT2D eigenvalue weighted by Gasteiger charge is -2.01. The number of hydrogen-bond acceptors (Lipinski definition) is 0. The fourth-order valence-corrected chi connectivity index (χ4v) is 1.47. The maximum Gasteiger partial charge on any atom is -0.0227 e. The second kappa shape index (κ2) is 6.84. The van der Waals surface area contributed by atoms with Crippen LogP contribution in [0.3, 0.4) is 0 Å². The molecule has 0 atom stereocenters.